The number of methoxy groups -OCH3 is 1. The zero-order valence-electron chi connectivity index (χ0n) is 16.6. The summed E-state index contributed by atoms with van der Waals surface area (Å²) in [4.78, 5) is 32.2. The monoisotopic (exact) mass is 430 g/mol. The van der Waals surface area contributed by atoms with Gasteiger partial charge in [0.1, 0.15) is 32.5 Å². The van der Waals surface area contributed by atoms with Gasteiger partial charge in [0.15, 0.2) is 0 Å². The Morgan fingerprint density at radius 3 is 2.80 bits per heavy atom. The predicted molar refractivity (Wildman–Crippen MR) is 112 cm³/mol. The maximum atomic E-state index is 12.9. The van der Waals surface area contributed by atoms with Gasteiger partial charge in [-0.05, 0) is 30.4 Å². The number of pyridine rings is 2. The van der Waals surface area contributed by atoms with Gasteiger partial charge in [0, 0.05) is 37.3 Å². The fraction of sp³-hybridized carbons (Fsp3) is 0.350. The maximum Gasteiger partial charge on any atom is 0.261 e. The third-order valence-corrected chi connectivity index (χ3v) is 5.98. The summed E-state index contributed by atoms with van der Waals surface area (Å²) < 4.78 is 29.9. The smallest absolute Gasteiger partial charge is 0.261 e. The van der Waals surface area contributed by atoms with Crippen molar-refractivity contribution in [3.63, 3.8) is 0 Å². The van der Waals surface area contributed by atoms with Crippen LogP contribution in [0.2, 0.25) is 0 Å². The minimum absolute atomic E-state index is 0.00165. The molecule has 10 heteroatoms. The third kappa shape index (κ3) is 4.23. The van der Waals surface area contributed by atoms with E-state index in [0.29, 0.717) is 22.8 Å². The summed E-state index contributed by atoms with van der Waals surface area (Å²) in [5.74, 6) is 0.118. The van der Waals surface area contributed by atoms with Crippen LogP contribution in [0, 0.1) is 0 Å². The highest BCUT2D eigenvalue weighted by molar-refractivity contribution is 7.90. The largest absolute Gasteiger partial charge is 0.494 e. The maximum absolute atomic E-state index is 12.9. The Labute approximate surface area is 173 Å². The predicted octanol–water partition coefficient (Wildman–Crippen LogP) is 1.75. The van der Waals surface area contributed by atoms with Crippen molar-refractivity contribution in [2.75, 3.05) is 24.4 Å². The molecule has 3 aromatic heterocycles. The van der Waals surface area contributed by atoms with Crippen molar-refractivity contribution in [3.8, 4) is 5.75 Å². The first-order chi connectivity index (χ1) is 14.2. The molecule has 3 heterocycles. The van der Waals surface area contributed by atoms with Gasteiger partial charge in [-0.1, -0.05) is 0 Å². The normalized spacial score (nSPS) is 14.1. The molecule has 3 aromatic rings. The van der Waals surface area contributed by atoms with Gasteiger partial charge >= 0.3 is 0 Å². The number of fused-ring (bicyclic) bond motifs is 1. The van der Waals surface area contributed by atoms with E-state index >= 15 is 0 Å². The van der Waals surface area contributed by atoms with E-state index in [0.717, 1.165) is 18.4 Å². The molecule has 0 atom stereocenters. The first kappa shape index (κ1) is 20.1. The molecule has 0 aliphatic heterocycles. The number of H-pyrrole nitrogens is 1. The highest BCUT2D eigenvalue weighted by Gasteiger charge is 2.30. The average molecular weight is 430 g/mol. The van der Waals surface area contributed by atoms with E-state index in [2.05, 4.69) is 15.3 Å². The summed E-state index contributed by atoms with van der Waals surface area (Å²) in [6, 6.07) is 3.43. The number of hydrogen-bond acceptors (Lipinski definition) is 6. The molecule has 1 aliphatic carbocycles. The van der Waals surface area contributed by atoms with Gasteiger partial charge in [-0.3, -0.25) is 9.59 Å². The first-order valence-electron chi connectivity index (χ1n) is 9.51. The summed E-state index contributed by atoms with van der Waals surface area (Å²) in [7, 11) is -1.63. The number of aromatic nitrogens is 3. The minimum atomic E-state index is -3.10. The number of imidazole rings is 1. The van der Waals surface area contributed by atoms with Gasteiger partial charge in [0.05, 0.1) is 18.6 Å². The molecule has 1 aliphatic rings. The fourth-order valence-corrected chi connectivity index (χ4v) is 3.97. The molecule has 1 amide bonds. The molecule has 1 saturated carbocycles. The lowest BCUT2D eigenvalue weighted by atomic mass is 10.1. The fourth-order valence-electron chi connectivity index (χ4n) is 3.39. The third-order valence-electron chi connectivity index (χ3n) is 5.04. The van der Waals surface area contributed by atoms with Crippen LogP contribution in [0.25, 0.3) is 5.65 Å². The number of amides is 1. The number of carbonyl (C=O) groups is 1. The van der Waals surface area contributed by atoms with Crippen molar-refractivity contribution in [3.05, 3.63) is 57.9 Å². The van der Waals surface area contributed by atoms with Crippen LogP contribution >= 0.6 is 0 Å². The number of hydrogen-bond donors (Lipinski definition) is 2. The van der Waals surface area contributed by atoms with Gasteiger partial charge in [0.2, 0.25) is 0 Å². The molecule has 0 saturated heterocycles. The van der Waals surface area contributed by atoms with Crippen LogP contribution in [0.5, 0.6) is 5.75 Å². The lowest BCUT2D eigenvalue weighted by Crippen LogP contribution is -2.25. The topological polar surface area (TPSA) is 123 Å². The zero-order chi connectivity index (χ0) is 21.5. The van der Waals surface area contributed by atoms with Crippen molar-refractivity contribution < 1.29 is 17.9 Å². The Balaban J connectivity index is 1.65. The molecule has 0 unspecified atom stereocenters. The van der Waals surface area contributed by atoms with E-state index in [1.54, 1.807) is 35.1 Å². The summed E-state index contributed by atoms with van der Waals surface area (Å²) in [5, 5.41) is 2.77. The Morgan fingerprint density at radius 1 is 1.37 bits per heavy atom. The van der Waals surface area contributed by atoms with E-state index in [4.69, 9.17) is 4.74 Å². The van der Waals surface area contributed by atoms with Crippen LogP contribution in [0.15, 0.2) is 35.5 Å². The average Bonchev–Trinajstić information content (AvgIpc) is 3.45. The van der Waals surface area contributed by atoms with E-state index in [9.17, 15) is 18.0 Å². The van der Waals surface area contributed by atoms with Crippen LogP contribution in [0.1, 0.15) is 40.4 Å². The summed E-state index contributed by atoms with van der Waals surface area (Å²) >= 11 is 0. The summed E-state index contributed by atoms with van der Waals surface area (Å²) in [6.07, 6.45) is 8.30. The standard InChI is InChI=1S/C20H22N4O5S/c1-29-16-9-17-22-13(6-8-30(2,27)28)10-24(17)11-15(16)23-20(26)18-14(12-3-4-12)5-7-21-19(18)25/h5,7,9-12H,3-4,6,8H2,1-2H3,(H,21,25)(H,23,26). The number of sulfone groups is 1. The van der Waals surface area contributed by atoms with Crippen LogP contribution in [0.3, 0.4) is 0 Å². The van der Waals surface area contributed by atoms with E-state index < -0.39 is 21.3 Å². The second kappa shape index (κ2) is 7.60. The van der Waals surface area contributed by atoms with Gasteiger partial charge in [0.25, 0.3) is 11.5 Å². The molecular formula is C20H22N4O5S. The highest BCUT2D eigenvalue weighted by atomic mass is 32.2. The molecule has 4 rings (SSSR count). The van der Waals surface area contributed by atoms with Crippen LogP contribution in [0.4, 0.5) is 5.69 Å². The second-order valence-electron chi connectivity index (χ2n) is 7.50. The molecule has 30 heavy (non-hydrogen) atoms. The van der Waals surface area contributed by atoms with Crippen molar-refractivity contribution in [1.82, 2.24) is 14.4 Å². The Hall–Kier alpha value is -3.14. The van der Waals surface area contributed by atoms with Gasteiger partial charge < -0.3 is 19.4 Å². The Morgan fingerprint density at radius 2 is 2.13 bits per heavy atom. The van der Waals surface area contributed by atoms with Crippen molar-refractivity contribution in [1.29, 1.82) is 0 Å². The van der Waals surface area contributed by atoms with Gasteiger partial charge in [-0.15, -0.1) is 0 Å². The molecule has 9 nitrogen and oxygen atoms in total. The lowest BCUT2D eigenvalue weighted by molar-refractivity contribution is 0.102. The number of carbonyl (C=O) groups excluding carboxylic acids is 1. The number of nitrogens with one attached hydrogen (secondary N) is 2. The van der Waals surface area contributed by atoms with Crippen LogP contribution in [-0.4, -0.2) is 47.8 Å². The Kier molecular flexibility index (Phi) is 5.10. The Bertz CT molecular complexity index is 1290. The summed E-state index contributed by atoms with van der Waals surface area (Å²) in [6.45, 7) is 0. The molecule has 0 radical (unpaired) electrons. The van der Waals surface area contributed by atoms with Crippen molar-refractivity contribution in [2.45, 2.75) is 25.2 Å². The van der Waals surface area contributed by atoms with Gasteiger partial charge in [-0.2, -0.15) is 0 Å². The molecule has 0 bridgehead atoms. The molecule has 1 fully saturated rings. The molecule has 158 valence electrons. The number of rotatable bonds is 7. The van der Waals surface area contributed by atoms with Crippen LogP contribution < -0.4 is 15.6 Å². The van der Waals surface area contributed by atoms with Crippen LogP contribution in [-0.2, 0) is 16.3 Å². The van der Waals surface area contributed by atoms with Crippen molar-refractivity contribution >= 4 is 27.1 Å². The van der Waals surface area contributed by atoms with E-state index in [-0.39, 0.29) is 23.7 Å². The number of anilines is 1. The quantitative estimate of drug-likeness (QED) is 0.589. The summed E-state index contributed by atoms with van der Waals surface area (Å²) in [5.41, 5.74) is 1.99. The zero-order valence-corrected chi connectivity index (χ0v) is 17.5. The molecule has 0 aromatic carbocycles. The van der Waals surface area contributed by atoms with Crippen molar-refractivity contribution in [2.24, 2.45) is 0 Å². The number of nitrogens with zero attached hydrogens (tertiary/aromatic N) is 2. The molecular weight excluding hydrogens is 408 g/mol. The van der Waals surface area contributed by atoms with E-state index in [1.807, 2.05) is 0 Å². The SMILES string of the molecule is COc1cc2nc(CCS(C)(=O)=O)cn2cc1NC(=O)c1c(C2CC2)cc[nH]c1=O. The second-order valence-corrected chi connectivity index (χ2v) is 9.76. The number of aryl methyl sites for hydroxylation is 1. The lowest BCUT2D eigenvalue weighted by Gasteiger charge is -2.12. The highest BCUT2D eigenvalue weighted by Crippen LogP contribution is 2.41. The number of ether oxygens (including phenoxy) is 1. The first-order valence-corrected chi connectivity index (χ1v) is 11.6. The minimum Gasteiger partial charge on any atom is -0.494 e. The molecule has 0 spiro atoms. The van der Waals surface area contributed by atoms with E-state index in [1.165, 1.54) is 13.4 Å². The van der Waals surface area contributed by atoms with Gasteiger partial charge in [-0.25, -0.2) is 13.4 Å². The molecule has 2 N–H and O–H groups in total. The number of aromatic amines is 1.